The van der Waals surface area contributed by atoms with Crippen LogP contribution >= 0.6 is 0 Å². The van der Waals surface area contributed by atoms with E-state index in [0.717, 1.165) is 25.7 Å². The summed E-state index contributed by atoms with van der Waals surface area (Å²) in [4.78, 5) is 23.8. The van der Waals surface area contributed by atoms with Crippen LogP contribution in [0.5, 0.6) is 0 Å². The van der Waals surface area contributed by atoms with E-state index in [1.165, 1.54) is 0 Å². The summed E-state index contributed by atoms with van der Waals surface area (Å²) >= 11 is 0. The number of rotatable bonds is 9. The van der Waals surface area contributed by atoms with E-state index >= 15 is 0 Å². The van der Waals surface area contributed by atoms with Crippen LogP contribution in [0, 0.1) is 0 Å². The molecule has 0 radical (unpaired) electrons. The third-order valence-corrected chi connectivity index (χ3v) is 9.32. The van der Waals surface area contributed by atoms with Crippen LogP contribution in [-0.2, 0) is 19.7 Å². The van der Waals surface area contributed by atoms with Gasteiger partial charge < -0.3 is 21.3 Å². The van der Waals surface area contributed by atoms with Crippen LogP contribution in [0.3, 0.4) is 0 Å². The molecule has 0 aliphatic carbocycles. The highest BCUT2D eigenvalue weighted by atomic mass is 32.2. The van der Waals surface area contributed by atoms with Gasteiger partial charge in [-0.15, -0.1) is 0 Å². The van der Waals surface area contributed by atoms with Crippen molar-refractivity contribution in [1.82, 2.24) is 21.3 Å². The second kappa shape index (κ2) is 9.71. The second-order valence-corrected chi connectivity index (χ2v) is 13.3. The highest BCUT2D eigenvalue weighted by Crippen LogP contribution is 2.23. The minimum Gasteiger partial charge on any atom is -0.338 e. The Kier molecular flexibility index (Phi) is 8.00. The Morgan fingerprint density at radius 3 is 1.37 bits per heavy atom. The normalized spacial score (nSPS) is 29.3. The van der Waals surface area contributed by atoms with Crippen LogP contribution < -0.4 is 21.3 Å². The van der Waals surface area contributed by atoms with Gasteiger partial charge >= 0.3 is 12.1 Å². The van der Waals surface area contributed by atoms with Crippen molar-refractivity contribution in [3.05, 3.63) is 0 Å². The molecule has 0 unspecified atom stereocenters. The summed E-state index contributed by atoms with van der Waals surface area (Å²) in [5.41, 5.74) is -1.40. The second-order valence-electron chi connectivity index (χ2n) is 8.98. The van der Waals surface area contributed by atoms with Gasteiger partial charge in [0.15, 0.2) is 19.7 Å². The molecule has 2 atom stereocenters. The highest BCUT2D eigenvalue weighted by molar-refractivity contribution is 7.92. The van der Waals surface area contributed by atoms with Crippen LogP contribution in [0.15, 0.2) is 0 Å². The van der Waals surface area contributed by atoms with Crippen LogP contribution in [-0.4, -0.2) is 76.1 Å². The van der Waals surface area contributed by atoms with Gasteiger partial charge in [0, 0.05) is 13.1 Å². The summed E-state index contributed by atoms with van der Waals surface area (Å²) < 4.78 is 46.2. The molecule has 2 heterocycles. The van der Waals surface area contributed by atoms with Gasteiger partial charge in [0.1, 0.15) is 0 Å². The van der Waals surface area contributed by atoms with Gasteiger partial charge in [-0.25, -0.2) is 26.4 Å². The Hall–Kier alpha value is -1.56. The first kappa shape index (κ1) is 24.7. The lowest BCUT2D eigenvalue weighted by Gasteiger charge is -2.24. The minimum atomic E-state index is -3.06. The number of nitrogens with one attached hydrogen (secondary N) is 4. The fourth-order valence-electron chi connectivity index (χ4n) is 3.86. The molecule has 0 spiro atoms. The Morgan fingerprint density at radius 1 is 0.700 bits per heavy atom. The fourth-order valence-corrected chi connectivity index (χ4v) is 8.05. The molecule has 4 amide bonds. The topological polar surface area (TPSA) is 151 Å². The molecule has 0 saturated carbocycles. The van der Waals surface area contributed by atoms with Gasteiger partial charge in [-0.2, -0.15) is 0 Å². The first-order chi connectivity index (χ1) is 13.8. The van der Waals surface area contributed by atoms with E-state index in [1.54, 1.807) is 13.8 Å². The summed E-state index contributed by atoms with van der Waals surface area (Å²) in [6, 6.07) is -0.703. The number of hydrogen-bond acceptors (Lipinski definition) is 6. The van der Waals surface area contributed by atoms with E-state index in [0.29, 0.717) is 25.9 Å². The van der Waals surface area contributed by atoms with E-state index in [-0.39, 0.29) is 35.1 Å². The zero-order valence-corrected chi connectivity index (χ0v) is 19.4. The fraction of sp³-hybridized carbons (Fsp3) is 0.889. The quantitative estimate of drug-likeness (QED) is 0.359. The molecule has 12 heteroatoms. The molecule has 0 aromatic carbocycles. The molecule has 30 heavy (non-hydrogen) atoms. The Labute approximate surface area is 179 Å². The van der Waals surface area contributed by atoms with Crippen molar-refractivity contribution in [2.24, 2.45) is 0 Å². The summed E-state index contributed by atoms with van der Waals surface area (Å²) in [7, 11) is -6.13. The molecule has 2 aliphatic heterocycles. The molecule has 0 aromatic heterocycles. The first-order valence-electron chi connectivity index (χ1n) is 10.4. The minimum absolute atomic E-state index is 0.0248. The highest BCUT2D eigenvalue weighted by Gasteiger charge is 2.40. The molecular weight excluding hydrogens is 432 g/mol. The number of amides is 4. The monoisotopic (exact) mass is 466 g/mol. The van der Waals surface area contributed by atoms with Crippen molar-refractivity contribution in [1.29, 1.82) is 0 Å². The summed E-state index contributed by atoms with van der Waals surface area (Å²) in [6.45, 7) is 4.48. The van der Waals surface area contributed by atoms with Crippen molar-refractivity contribution in [3.63, 3.8) is 0 Å². The zero-order valence-electron chi connectivity index (χ0n) is 17.8. The Bertz CT molecular complexity index is 775. The number of sulfone groups is 2. The predicted molar refractivity (Wildman–Crippen MR) is 115 cm³/mol. The molecule has 2 aliphatic rings. The maximum Gasteiger partial charge on any atom is 0.315 e. The van der Waals surface area contributed by atoms with Crippen molar-refractivity contribution in [3.8, 4) is 0 Å². The molecule has 0 aromatic rings. The number of carbonyl (C=O) groups is 2. The van der Waals surface area contributed by atoms with E-state index in [1.807, 2.05) is 0 Å². The van der Waals surface area contributed by atoms with E-state index < -0.39 is 30.8 Å². The van der Waals surface area contributed by atoms with Crippen LogP contribution in [0.25, 0.3) is 0 Å². The molecular formula is C18H34N4O6S2. The van der Waals surface area contributed by atoms with Crippen LogP contribution in [0.2, 0.25) is 0 Å². The number of carbonyl (C=O) groups excluding carboxylic acids is 2. The predicted octanol–water partition coefficient (Wildman–Crippen LogP) is 0.300. The van der Waals surface area contributed by atoms with Gasteiger partial charge in [0.2, 0.25) is 0 Å². The van der Waals surface area contributed by atoms with Crippen LogP contribution in [0.4, 0.5) is 9.59 Å². The molecule has 2 rings (SSSR count). The lowest BCUT2D eigenvalue weighted by Crippen LogP contribution is -2.51. The first-order valence-corrected chi connectivity index (χ1v) is 14.0. The van der Waals surface area contributed by atoms with Gasteiger partial charge in [-0.3, -0.25) is 0 Å². The van der Waals surface area contributed by atoms with Crippen molar-refractivity contribution < 1.29 is 26.4 Å². The molecule has 2 fully saturated rings. The largest absolute Gasteiger partial charge is 0.338 e. The maximum atomic E-state index is 11.9. The summed E-state index contributed by atoms with van der Waals surface area (Å²) in [6.07, 6.45) is 4.18. The standard InChI is InChI=1S/C18H34N4O6S2/c1-17(7-11-29(25,26)13-17)21-15(23)19-9-5-3-4-6-10-20-16(24)22-18(2)8-12-30(27,28)14-18/h3-14H2,1-2H3,(H2,19,21,23)(H2,20,22,24)/t17-,18+. The molecule has 10 nitrogen and oxygen atoms in total. The average molecular weight is 467 g/mol. The molecule has 2 saturated heterocycles. The Balaban J connectivity index is 1.48. The summed E-state index contributed by atoms with van der Waals surface area (Å²) in [5, 5.41) is 11.0. The average Bonchev–Trinajstić information content (AvgIpc) is 3.03. The van der Waals surface area contributed by atoms with Crippen molar-refractivity contribution in [2.75, 3.05) is 36.1 Å². The van der Waals surface area contributed by atoms with Gasteiger partial charge in [0.05, 0.1) is 34.1 Å². The van der Waals surface area contributed by atoms with Gasteiger partial charge in [-0.05, 0) is 39.5 Å². The van der Waals surface area contributed by atoms with E-state index in [4.69, 9.17) is 0 Å². The lowest BCUT2D eigenvalue weighted by atomic mass is 10.0. The molecule has 4 N–H and O–H groups in total. The summed E-state index contributed by atoms with van der Waals surface area (Å²) in [5.74, 6) is 0.161. The van der Waals surface area contributed by atoms with Gasteiger partial charge in [-0.1, -0.05) is 12.8 Å². The van der Waals surface area contributed by atoms with E-state index in [2.05, 4.69) is 21.3 Å². The van der Waals surface area contributed by atoms with Crippen LogP contribution in [0.1, 0.15) is 52.4 Å². The van der Waals surface area contributed by atoms with Crippen molar-refractivity contribution in [2.45, 2.75) is 63.5 Å². The number of urea groups is 2. The third-order valence-electron chi connectivity index (χ3n) is 5.51. The lowest BCUT2D eigenvalue weighted by molar-refractivity contribution is 0.228. The Morgan fingerprint density at radius 2 is 1.07 bits per heavy atom. The number of hydrogen-bond donors (Lipinski definition) is 4. The van der Waals surface area contributed by atoms with E-state index in [9.17, 15) is 26.4 Å². The third kappa shape index (κ3) is 8.29. The van der Waals surface area contributed by atoms with Gasteiger partial charge in [0.25, 0.3) is 0 Å². The van der Waals surface area contributed by atoms with Crippen molar-refractivity contribution >= 4 is 31.7 Å². The zero-order chi connectivity index (χ0) is 22.5. The maximum absolute atomic E-state index is 11.9. The number of unbranched alkanes of at least 4 members (excludes halogenated alkanes) is 3. The SMILES string of the molecule is C[C@]1(NC(=O)NCCCCCCNC(=O)N[C@]2(C)CCS(=O)(=O)C2)CCS(=O)(=O)C1. The molecule has 174 valence electrons. The smallest absolute Gasteiger partial charge is 0.315 e. The molecule has 0 bridgehead atoms.